The lowest BCUT2D eigenvalue weighted by Gasteiger charge is -2.14. The van der Waals surface area contributed by atoms with Crippen molar-refractivity contribution in [3.8, 4) is 0 Å². The van der Waals surface area contributed by atoms with Gasteiger partial charge in [-0.05, 0) is 48.7 Å². The van der Waals surface area contributed by atoms with E-state index in [1.54, 1.807) is 11.8 Å². The molecule has 1 N–H and O–H groups in total. The third kappa shape index (κ3) is 4.13. The van der Waals surface area contributed by atoms with Crippen molar-refractivity contribution in [2.45, 2.75) is 49.8 Å². The Morgan fingerprint density at radius 1 is 1.07 bits per heavy atom. The number of aliphatic hydroxyl groups excluding tert-OH is 1. The van der Waals surface area contributed by atoms with Gasteiger partial charge in [0.25, 0.3) is 0 Å². The number of hydrogen-bond acceptors (Lipinski definition) is 3. The smallest absolute Gasteiger partial charge is 0.0841 e. The topological polar surface area (TPSA) is 38.0 Å². The number of rotatable bonds is 6. The molecule has 2 aromatic carbocycles. The van der Waals surface area contributed by atoms with Gasteiger partial charge in [0.15, 0.2) is 0 Å². The summed E-state index contributed by atoms with van der Waals surface area (Å²) in [5, 5.41) is 13.1. The van der Waals surface area contributed by atoms with Crippen molar-refractivity contribution in [3.63, 3.8) is 0 Å². The van der Waals surface area contributed by atoms with Crippen LogP contribution >= 0.6 is 23.4 Å². The molecule has 5 heteroatoms. The summed E-state index contributed by atoms with van der Waals surface area (Å²) in [5.41, 5.74) is 5.28. The zero-order chi connectivity index (χ0) is 21.3. The van der Waals surface area contributed by atoms with E-state index in [-0.39, 0.29) is 6.61 Å². The lowest BCUT2D eigenvalue weighted by atomic mass is 10.0. The summed E-state index contributed by atoms with van der Waals surface area (Å²) in [6.45, 7) is 7.11. The second kappa shape index (κ2) is 8.84. The molecule has 0 fully saturated rings. The Bertz CT molecular complexity index is 1200. The van der Waals surface area contributed by atoms with E-state index in [0.717, 1.165) is 42.8 Å². The van der Waals surface area contributed by atoms with E-state index >= 15 is 0 Å². The molecule has 30 heavy (non-hydrogen) atoms. The summed E-state index contributed by atoms with van der Waals surface area (Å²) in [6, 6.07) is 20.3. The van der Waals surface area contributed by atoms with Crippen LogP contribution in [0.3, 0.4) is 0 Å². The first-order valence-corrected chi connectivity index (χ1v) is 11.3. The van der Waals surface area contributed by atoms with Crippen molar-refractivity contribution in [1.29, 1.82) is 0 Å². The van der Waals surface area contributed by atoms with Crippen LogP contribution in [0.2, 0.25) is 5.02 Å². The summed E-state index contributed by atoms with van der Waals surface area (Å²) in [5.74, 6) is 0.290. The van der Waals surface area contributed by atoms with E-state index in [2.05, 4.69) is 49.6 Å². The molecule has 0 spiro atoms. The highest BCUT2D eigenvalue weighted by molar-refractivity contribution is 7.99. The average Bonchev–Trinajstić information content (AvgIpc) is 2.99. The summed E-state index contributed by atoms with van der Waals surface area (Å²) in [4.78, 5) is 5.95. The van der Waals surface area contributed by atoms with Crippen molar-refractivity contribution < 1.29 is 5.11 Å². The van der Waals surface area contributed by atoms with Gasteiger partial charge in [-0.1, -0.05) is 67.5 Å². The Kier molecular flexibility index (Phi) is 6.19. The molecule has 0 bridgehead atoms. The van der Waals surface area contributed by atoms with Gasteiger partial charge < -0.3 is 9.67 Å². The number of nitrogens with zero attached hydrogens (tertiary/aromatic N) is 2. The Labute approximate surface area is 186 Å². The lowest BCUT2D eigenvalue weighted by molar-refractivity contribution is 0.279. The molecule has 0 aliphatic heterocycles. The van der Waals surface area contributed by atoms with E-state index in [1.807, 2.05) is 36.4 Å². The van der Waals surface area contributed by atoms with Crippen LogP contribution < -0.4 is 0 Å². The molecule has 154 valence electrons. The first kappa shape index (κ1) is 21.0. The number of pyridine rings is 1. The Hall–Kier alpha value is -2.27. The lowest BCUT2D eigenvalue weighted by Crippen LogP contribution is -2.06. The van der Waals surface area contributed by atoms with Crippen LogP contribution in [-0.2, 0) is 13.2 Å². The van der Waals surface area contributed by atoms with Crippen LogP contribution in [0.4, 0.5) is 0 Å². The Morgan fingerprint density at radius 2 is 1.87 bits per heavy atom. The van der Waals surface area contributed by atoms with Crippen molar-refractivity contribution >= 4 is 34.3 Å². The first-order chi connectivity index (χ1) is 14.5. The molecule has 0 saturated carbocycles. The highest BCUT2D eigenvalue weighted by atomic mass is 35.5. The number of halogens is 1. The van der Waals surface area contributed by atoms with Gasteiger partial charge in [-0.15, -0.1) is 0 Å². The zero-order valence-electron chi connectivity index (χ0n) is 17.4. The predicted molar refractivity (Wildman–Crippen MR) is 126 cm³/mol. The third-order valence-electron chi connectivity index (χ3n) is 5.36. The standard InChI is InChI=1S/C25H25ClN2OS/c1-16(2)24-22(15-29)17(3)28(25(24)30-21-9-6-8-19(26)13-21)14-20-12-11-18-7-4-5-10-23(18)27-20/h4-13,16,29H,14-15H2,1-3H3. The number of aromatic nitrogens is 2. The van der Waals surface area contributed by atoms with Gasteiger partial charge in [0.1, 0.15) is 0 Å². The molecule has 0 aliphatic rings. The van der Waals surface area contributed by atoms with E-state index in [0.29, 0.717) is 12.5 Å². The van der Waals surface area contributed by atoms with E-state index in [1.165, 1.54) is 5.56 Å². The van der Waals surface area contributed by atoms with Gasteiger partial charge >= 0.3 is 0 Å². The van der Waals surface area contributed by atoms with Crippen molar-refractivity contribution in [2.75, 3.05) is 0 Å². The molecular formula is C25H25ClN2OS. The van der Waals surface area contributed by atoms with Gasteiger partial charge in [-0.25, -0.2) is 0 Å². The summed E-state index contributed by atoms with van der Waals surface area (Å²) in [7, 11) is 0. The fourth-order valence-electron chi connectivity index (χ4n) is 3.88. The van der Waals surface area contributed by atoms with Crippen LogP contribution in [0.5, 0.6) is 0 Å². The maximum absolute atomic E-state index is 10.1. The minimum atomic E-state index is 0.0284. The number of hydrogen-bond donors (Lipinski definition) is 1. The van der Waals surface area contributed by atoms with E-state index in [4.69, 9.17) is 16.6 Å². The molecule has 0 radical (unpaired) electrons. The molecule has 0 saturated heterocycles. The van der Waals surface area contributed by atoms with Crippen LogP contribution in [0.1, 0.15) is 42.3 Å². The van der Waals surface area contributed by atoms with Gasteiger partial charge in [0, 0.05) is 26.6 Å². The number of aliphatic hydroxyl groups is 1. The monoisotopic (exact) mass is 436 g/mol. The second-order valence-electron chi connectivity index (χ2n) is 7.74. The maximum atomic E-state index is 10.1. The van der Waals surface area contributed by atoms with Gasteiger partial charge in [0.05, 0.1) is 29.4 Å². The number of fused-ring (bicyclic) bond motifs is 1. The summed E-state index contributed by atoms with van der Waals surface area (Å²) >= 11 is 7.93. The largest absolute Gasteiger partial charge is 0.392 e. The predicted octanol–water partition coefficient (Wildman–Crippen LogP) is 6.81. The molecule has 3 nitrogen and oxygen atoms in total. The second-order valence-corrected chi connectivity index (χ2v) is 9.24. The zero-order valence-corrected chi connectivity index (χ0v) is 19.0. The molecule has 0 aliphatic carbocycles. The molecule has 2 aromatic heterocycles. The maximum Gasteiger partial charge on any atom is 0.0841 e. The van der Waals surface area contributed by atoms with E-state index in [9.17, 15) is 5.11 Å². The van der Waals surface area contributed by atoms with Crippen LogP contribution in [0, 0.1) is 6.92 Å². The summed E-state index contributed by atoms with van der Waals surface area (Å²) < 4.78 is 2.28. The first-order valence-electron chi connectivity index (χ1n) is 10.1. The van der Waals surface area contributed by atoms with Gasteiger partial charge in [0.2, 0.25) is 0 Å². The van der Waals surface area contributed by atoms with Crippen LogP contribution in [0.25, 0.3) is 10.9 Å². The molecule has 0 atom stereocenters. The molecule has 0 unspecified atom stereocenters. The minimum absolute atomic E-state index is 0.0284. The molecule has 4 rings (SSSR count). The van der Waals surface area contributed by atoms with Crippen molar-refractivity contribution in [3.05, 3.63) is 88.2 Å². The SMILES string of the molecule is Cc1c(CO)c(C(C)C)c(Sc2cccc(Cl)c2)n1Cc1ccc2ccccc2n1. The normalized spacial score (nSPS) is 11.5. The minimum Gasteiger partial charge on any atom is -0.392 e. The Balaban J connectivity index is 1.82. The van der Waals surface area contributed by atoms with E-state index < -0.39 is 0 Å². The molecule has 4 aromatic rings. The van der Waals surface area contributed by atoms with Gasteiger partial charge in [-0.2, -0.15) is 0 Å². The fraction of sp³-hybridized carbons (Fsp3) is 0.240. The fourth-order valence-corrected chi connectivity index (χ4v) is 5.47. The quantitative estimate of drug-likeness (QED) is 0.360. The van der Waals surface area contributed by atoms with Crippen LogP contribution in [-0.4, -0.2) is 14.7 Å². The highest BCUT2D eigenvalue weighted by Crippen LogP contribution is 2.40. The highest BCUT2D eigenvalue weighted by Gasteiger charge is 2.23. The van der Waals surface area contributed by atoms with Crippen molar-refractivity contribution in [1.82, 2.24) is 9.55 Å². The average molecular weight is 437 g/mol. The van der Waals surface area contributed by atoms with Crippen molar-refractivity contribution in [2.24, 2.45) is 0 Å². The number of para-hydroxylation sites is 1. The van der Waals surface area contributed by atoms with Crippen LogP contribution in [0.15, 0.2) is 70.6 Å². The summed E-state index contributed by atoms with van der Waals surface area (Å²) in [6.07, 6.45) is 0. The molecular weight excluding hydrogens is 412 g/mol. The Morgan fingerprint density at radius 3 is 2.60 bits per heavy atom. The molecule has 2 heterocycles. The molecule has 0 amide bonds. The third-order valence-corrected chi connectivity index (χ3v) is 6.72. The number of benzene rings is 2. The van der Waals surface area contributed by atoms with Gasteiger partial charge in [-0.3, -0.25) is 4.98 Å².